The van der Waals surface area contributed by atoms with Gasteiger partial charge in [0.15, 0.2) is 11.6 Å². The van der Waals surface area contributed by atoms with Crippen LogP contribution in [0.5, 0.6) is 0 Å². The van der Waals surface area contributed by atoms with E-state index in [0.29, 0.717) is 13.0 Å². The van der Waals surface area contributed by atoms with E-state index >= 15 is 0 Å². The zero-order chi connectivity index (χ0) is 29.3. The number of hydrogen-bond donors (Lipinski definition) is 1. The fourth-order valence-electron chi connectivity index (χ4n) is 4.28. The standard InChI is InChI=1S/C29H32BrF2N3O4S/c1-3-33-29(37)27(18-21-8-5-4-6-9-21)34(20-22-11-13-23(30)14-12-22)28(36)10-7-17-35(40(2,38)39)24-15-16-25(31)26(32)19-24/h4-6,8-9,11-16,19,27H,3,7,10,17-18,20H2,1-2H3,(H,33,37). The van der Waals surface area contributed by atoms with Crippen LogP contribution in [0.15, 0.2) is 77.3 Å². The lowest BCUT2D eigenvalue weighted by molar-refractivity contribution is -0.141. The minimum Gasteiger partial charge on any atom is -0.355 e. The number of amides is 2. The quantitative estimate of drug-likeness (QED) is 0.285. The van der Waals surface area contributed by atoms with Crippen molar-refractivity contribution in [3.63, 3.8) is 0 Å². The Morgan fingerprint density at radius 1 is 0.950 bits per heavy atom. The van der Waals surface area contributed by atoms with Gasteiger partial charge in [0.05, 0.1) is 11.9 Å². The topological polar surface area (TPSA) is 86.8 Å². The summed E-state index contributed by atoms with van der Waals surface area (Å²) in [6, 6.07) is 18.8. The molecule has 3 aromatic carbocycles. The molecule has 11 heteroatoms. The minimum absolute atomic E-state index is 0.0372. The molecule has 1 atom stereocenters. The SMILES string of the molecule is CCNC(=O)C(Cc1ccccc1)N(Cc1ccc(Br)cc1)C(=O)CCCN(c1ccc(F)c(F)c1)S(C)(=O)=O. The summed E-state index contributed by atoms with van der Waals surface area (Å²) in [5.74, 6) is -2.90. The zero-order valence-electron chi connectivity index (χ0n) is 22.3. The lowest BCUT2D eigenvalue weighted by atomic mass is 10.0. The Kier molecular flexibility index (Phi) is 11.2. The van der Waals surface area contributed by atoms with Gasteiger partial charge < -0.3 is 10.2 Å². The van der Waals surface area contributed by atoms with Crippen molar-refractivity contribution < 1.29 is 26.8 Å². The molecule has 0 bridgehead atoms. The summed E-state index contributed by atoms with van der Waals surface area (Å²) >= 11 is 3.41. The number of halogens is 3. The minimum atomic E-state index is -3.85. The summed E-state index contributed by atoms with van der Waals surface area (Å²) in [5.41, 5.74) is 1.66. The highest BCUT2D eigenvalue weighted by molar-refractivity contribution is 9.10. The third-order valence-corrected chi connectivity index (χ3v) is 7.95. The molecule has 3 aromatic rings. The number of carbonyl (C=O) groups excluding carboxylic acids is 2. The molecule has 0 saturated heterocycles. The van der Waals surface area contributed by atoms with E-state index in [9.17, 15) is 26.8 Å². The van der Waals surface area contributed by atoms with E-state index in [-0.39, 0.29) is 43.4 Å². The first kappa shape index (κ1) is 31.2. The van der Waals surface area contributed by atoms with Gasteiger partial charge in [-0.2, -0.15) is 0 Å². The maximum Gasteiger partial charge on any atom is 0.243 e. The van der Waals surface area contributed by atoms with Gasteiger partial charge in [0.2, 0.25) is 21.8 Å². The fourth-order valence-corrected chi connectivity index (χ4v) is 5.50. The summed E-state index contributed by atoms with van der Waals surface area (Å²) in [5, 5.41) is 2.83. The maximum absolute atomic E-state index is 13.8. The van der Waals surface area contributed by atoms with Crippen molar-refractivity contribution in [2.75, 3.05) is 23.7 Å². The number of nitrogens with one attached hydrogen (secondary N) is 1. The highest BCUT2D eigenvalue weighted by Gasteiger charge is 2.30. The number of nitrogens with zero attached hydrogens (tertiary/aromatic N) is 2. The van der Waals surface area contributed by atoms with E-state index in [1.54, 1.807) is 6.92 Å². The number of sulfonamides is 1. The third kappa shape index (κ3) is 8.85. The summed E-state index contributed by atoms with van der Waals surface area (Å²) in [4.78, 5) is 28.4. The Hall–Kier alpha value is -3.31. The molecule has 1 unspecified atom stereocenters. The lowest BCUT2D eigenvalue weighted by Gasteiger charge is -2.32. The monoisotopic (exact) mass is 635 g/mol. The first-order valence-electron chi connectivity index (χ1n) is 12.8. The van der Waals surface area contributed by atoms with Gasteiger partial charge in [0, 0.05) is 43.0 Å². The molecule has 0 aromatic heterocycles. The van der Waals surface area contributed by atoms with E-state index in [4.69, 9.17) is 0 Å². The Morgan fingerprint density at radius 3 is 2.23 bits per heavy atom. The number of rotatable bonds is 13. The highest BCUT2D eigenvalue weighted by atomic mass is 79.9. The second-order valence-electron chi connectivity index (χ2n) is 9.29. The van der Waals surface area contributed by atoms with Gasteiger partial charge in [-0.05, 0) is 48.7 Å². The molecule has 0 aliphatic heterocycles. The molecule has 214 valence electrons. The van der Waals surface area contributed by atoms with Gasteiger partial charge in [-0.25, -0.2) is 17.2 Å². The van der Waals surface area contributed by atoms with E-state index in [2.05, 4.69) is 21.2 Å². The number of benzene rings is 3. The smallest absolute Gasteiger partial charge is 0.243 e. The number of hydrogen-bond acceptors (Lipinski definition) is 4. The van der Waals surface area contributed by atoms with E-state index in [0.717, 1.165) is 38.3 Å². The molecule has 40 heavy (non-hydrogen) atoms. The largest absolute Gasteiger partial charge is 0.355 e. The molecular weight excluding hydrogens is 604 g/mol. The third-order valence-electron chi connectivity index (χ3n) is 6.23. The van der Waals surface area contributed by atoms with Crippen LogP contribution in [0.1, 0.15) is 30.9 Å². The van der Waals surface area contributed by atoms with E-state index in [1.165, 1.54) is 11.0 Å². The molecule has 2 amide bonds. The summed E-state index contributed by atoms with van der Waals surface area (Å²) in [6.45, 7) is 2.23. The second-order valence-corrected chi connectivity index (χ2v) is 12.1. The molecule has 1 N–H and O–H groups in total. The number of anilines is 1. The molecule has 0 fully saturated rings. The van der Waals surface area contributed by atoms with E-state index in [1.807, 2.05) is 54.6 Å². The van der Waals surface area contributed by atoms with Crippen LogP contribution < -0.4 is 9.62 Å². The Balaban J connectivity index is 1.86. The molecule has 3 rings (SSSR count). The van der Waals surface area contributed by atoms with Crippen molar-refractivity contribution in [2.24, 2.45) is 0 Å². The predicted molar refractivity (Wildman–Crippen MR) is 155 cm³/mol. The highest BCUT2D eigenvalue weighted by Crippen LogP contribution is 2.22. The van der Waals surface area contributed by atoms with Gasteiger partial charge in [0.1, 0.15) is 6.04 Å². The van der Waals surface area contributed by atoms with Crippen LogP contribution in [0.25, 0.3) is 0 Å². The lowest BCUT2D eigenvalue weighted by Crippen LogP contribution is -2.50. The van der Waals surface area contributed by atoms with Crippen molar-refractivity contribution in [2.45, 2.75) is 38.8 Å². The Labute approximate surface area is 242 Å². The molecule has 0 radical (unpaired) electrons. The van der Waals surface area contributed by atoms with Crippen molar-refractivity contribution in [1.82, 2.24) is 10.2 Å². The summed E-state index contributed by atoms with van der Waals surface area (Å²) in [6.07, 6.45) is 1.27. The average molecular weight is 637 g/mol. The second kappa shape index (κ2) is 14.4. The number of likely N-dealkylation sites (N-methyl/N-ethyl adjacent to an activating group) is 1. The molecule has 0 spiro atoms. The van der Waals surface area contributed by atoms with Gasteiger partial charge >= 0.3 is 0 Å². The van der Waals surface area contributed by atoms with Gasteiger partial charge in [-0.15, -0.1) is 0 Å². The normalized spacial score (nSPS) is 12.0. The van der Waals surface area contributed by atoms with Crippen LogP contribution in [-0.2, 0) is 32.6 Å². The van der Waals surface area contributed by atoms with Crippen molar-refractivity contribution in [3.8, 4) is 0 Å². The summed E-state index contributed by atoms with van der Waals surface area (Å²) < 4.78 is 53.9. The Morgan fingerprint density at radius 2 is 1.62 bits per heavy atom. The molecular formula is C29H32BrF2N3O4S. The van der Waals surface area contributed by atoms with Gasteiger partial charge in [0.25, 0.3) is 0 Å². The molecule has 0 saturated carbocycles. The van der Waals surface area contributed by atoms with Crippen LogP contribution >= 0.6 is 15.9 Å². The first-order valence-corrected chi connectivity index (χ1v) is 15.4. The van der Waals surface area contributed by atoms with Crippen molar-refractivity contribution in [3.05, 3.63) is 100 Å². The van der Waals surface area contributed by atoms with E-state index < -0.39 is 27.7 Å². The van der Waals surface area contributed by atoms with Gasteiger partial charge in [-0.3, -0.25) is 13.9 Å². The Bertz CT molecular complexity index is 1410. The first-order chi connectivity index (χ1) is 19.0. The van der Waals surface area contributed by atoms with Crippen LogP contribution in [-0.4, -0.2) is 50.5 Å². The zero-order valence-corrected chi connectivity index (χ0v) is 24.7. The van der Waals surface area contributed by atoms with Crippen molar-refractivity contribution in [1.29, 1.82) is 0 Å². The van der Waals surface area contributed by atoms with Gasteiger partial charge in [-0.1, -0.05) is 58.4 Å². The molecule has 0 aliphatic carbocycles. The molecule has 0 aliphatic rings. The maximum atomic E-state index is 13.8. The summed E-state index contributed by atoms with van der Waals surface area (Å²) in [7, 11) is -3.85. The fraction of sp³-hybridized carbons (Fsp3) is 0.310. The van der Waals surface area contributed by atoms with Crippen LogP contribution in [0.4, 0.5) is 14.5 Å². The predicted octanol–water partition coefficient (Wildman–Crippen LogP) is 5.05. The molecule has 0 heterocycles. The van der Waals surface area contributed by atoms with Crippen molar-refractivity contribution >= 4 is 43.5 Å². The van der Waals surface area contributed by atoms with Crippen LogP contribution in [0.2, 0.25) is 0 Å². The average Bonchev–Trinajstić information content (AvgIpc) is 2.91. The molecule has 7 nitrogen and oxygen atoms in total. The van der Waals surface area contributed by atoms with Crippen LogP contribution in [0.3, 0.4) is 0 Å². The van der Waals surface area contributed by atoms with Crippen LogP contribution in [0, 0.1) is 11.6 Å². The number of carbonyl (C=O) groups is 2.